The van der Waals surface area contributed by atoms with Crippen molar-refractivity contribution in [2.75, 3.05) is 0 Å². The van der Waals surface area contributed by atoms with Gasteiger partial charge in [-0.15, -0.1) is 0 Å². The molecule has 10 N–H and O–H groups in total. The van der Waals surface area contributed by atoms with E-state index in [1.54, 1.807) is 0 Å². The van der Waals surface area contributed by atoms with E-state index < -0.39 is 72.6 Å². The third-order valence-corrected chi connectivity index (χ3v) is 4.06. The van der Waals surface area contributed by atoms with Crippen LogP contribution in [0.3, 0.4) is 0 Å². The Bertz CT molecular complexity index is 855. The minimum Gasteiger partial charge on any atom is -0.481 e. The van der Waals surface area contributed by atoms with Crippen molar-refractivity contribution in [3.8, 4) is 0 Å². The molecule has 1 rings (SSSR count). The summed E-state index contributed by atoms with van der Waals surface area (Å²) in [6, 6.07) is -5.74. The molecule has 0 aliphatic rings. The van der Waals surface area contributed by atoms with Crippen LogP contribution in [0.4, 0.5) is 0 Å². The van der Waals surface area contributed by atoms with Gasteiger partial charge in [-0.2, -0.15) is 0 Å². The molecular formula is C17H25N7O8. The zero-order valence-corrected chi connectivity index (χ0v) is 17.0. The van der Waals surface area contributed by atoms with Crippen LogP contribution in [0.25, 0.3) is 0 Å². The van der Waals surface area contributed by atoms with Crippen LogP contribution in [-0.4, -0.2) is 79.9 Å². The van der Waals surface area contributed by atoms with Crippen LogP contribution in [0.15, 0.2) is 12.5 Å². The van der Waals surface area contributed by atoms with Gasteiger partial charge >= 0.3 is 11.9 Å². The molecule has 4 amide bonds. The first-order chi connectivity index (χ1) is 14.9. The first kappa shape index (κ1) is 26.0. The average molecular weight is 455 g/mol. The Morgan fingerprint density at radius 2 is 1.50 bits per heavy atom. The van der Waals surface area contributed by atoms with Crippen molar-refractivity contribution in [3.63, 3.8) is 0 Å². The maximum Gasteiger partial charge on any atom is 0.326 e. The standard InChI is InChI=1S/C17H25N7O8/c1-7(18)14(28)22-10(4-13(26)27)16(30)23-9(3-12(19)25)15(29)24-11(17(31)32)2-8-5-20-6-21-8/h5-7,9-11H,2-4,18H2,1H3,(H2,19,25)(H,20,21)(H,22,28)(H,23,30)(H,24,29)(H,26,27)(H,31,32). The summed E-state index contributed by atoms with van der Waals surface area (Å²) in [5.74, 6) is -6.82. The highest BCUT2D eigenvalue weighted by Gasteiger charge is 2.32. The second-order valence-electron chi connectivity index (χ2n) is 6.86. The minimum atomic E-state index is -1.63. The molecule has 15 heteroatoms. The van der Waals surface area contributed by atoms with Crippen molar-refractivity contribution in [2.45, 2.75) is 50.4 Å². The second kappa shape index (κ2) is 12.0. The number of H-pyrrole nitrogens is 1. The number of nitrogens with one attached hydrogen (secondary N) is 4. The molecule has 32 heavy (non-hydrogen) atoms. The second-order valence-corrected chi connectivity index (χ2v) is 6.86. The number of carboxylic acids is 2. The molecule has 15 nitrogen and oxygen atoms in total. The third kappa shape index (κ3) is 8.78. The van der Waals surface area contributed by atoms with Crippen LogP contribution in [-0.2, 0) is 35.2 Å². The highest BCUT2D eigenvalue weighted by Crippen LogP contribution is 2.03. The normalized spacial score (nSPS) is 14.3. The summed E-state index contributed by atoms with van der Waals surface area (Å²) in [5, 5.41) is 24.8. The molecule has 0 saturated heterocycles. The molecule has 0 bridgehead atoms. The van der Waals surface area contributed by atoms with Crippen molar-refractivity contribution < 1.29 is 39.0 Å². The molecule has 0 aliphatic carbocycles. The number of aromatic nitrogens is 2. The number of imidazole rings is 1. The van der Waals surface area contributed by atoms with Crippen molar-refractivity contribution in [3.05, 3.63) is 18.2 Å². The van der Waals surface area contributed by atoms with Crippen molar-refractivity contribution in [1.82, 2.24) is 25.9 Å². The highest BCUT2D eigenvalue weighted by molar-refractivity contribution is 5.97. The number of hydrogen-bond donors (Lipinski definition) is 8. The molecule has 0 fully saturated rings. The molecule has 0 aliphatic heterocycles. The minimum absolute atomic E-state index is 0.176. The number of amides is 4. The van der Waals surface area contributed by atoms with Crippen LogP contribution in [0.5, 0.6) is 0 Å². The van der Waals surface area contributed by atoms with E-state index in [4.69, 9.17) is 16.6 Å². The summed E-state index contributed by atoms with van der Waals surface area (Å²) in [4.78, 5) is 77.2. The van der Waals surface area contributed by atoms with E-state index in [2.05, 4.69) is 25.9 Å². The number of rotatable bonds is 13. The first-order valence-electron chi connectivity index (χ1n) is 9.27. The van der Waals surface area contributed by atoms with Crippen LogP contribution < -0.4 is 27.4 Å². The van der Waals surface area contributed by atoms with Gasteiger partial charge in [0.2, 0.25) is 23.6 Å². The summed E-state index contributed by atoms with van der Waals surface area (Å²) in [5.41, 5.74) is 10.9. The number of aromatic amines is 1. The van der Waals surface area contributed by atoms with E-state index in [1.807, 2.05) is 0 Å². The Labute approximate surface area is 181 Å². The molecule has 0 spiro atoms. The van der Waals surface area contributed by atoms with Gasteiger partial charge in [0.25, 0.3) is 0 Å². The Hall–Kier alpha value is -4.01. The van der Waals surface area contributed by atoms with Gasteiger partial charge in [-0.1, -0.05) is 0 Å². The number of primary amides is 1. The number of aliphatic carboxylic acids is 2. The Balaban J connectivity index is 2.98. The predicted molar refractivity (Wildman–Crippen MR) is 105 cm³/mol. The van der Waals surface area contributed by atoms with Crippen LogP contribution in [0, 0.1) is 0 Å². The highest BCUT2D eigenvalue weighted by atomic mass is 16.4. The molecule has 0 radical (unpaired) electrons. The summed E-state index contributed by atoms with van der Waals surface area (Å²) in [6.45, 7) is 1.31. The lowest BCUT2D eigenvalue weighted by Crippen LogP contribution is -2.58. The SMILES string of the molecule is CC(N)C(=O)NC(CC(=O)O)C(=O)NC(CC(N)=O)C(=O)NC(Cc1cnc[nH]1)C(=O)O. The third-order valence-electron chi connectivity index (χ3n) is 4.06. The molecule has 1 aromatic rings. The van der Waals surface area contributed by atoms with E-state index in [0.29, 0.717) is 5.69 Å². The Kier molecular flexibility index (Phi) is 9.75. The lowest BCUT2D eigenvalue weighted by Gasteiger charge is -2.23. The molecule has 1 aromatic heterocycles. The zero-order valence-electron chi connectivity index (χ0n) is 17.0. The smallest absolute Gasteiger partial charge is 0.326 e. The number of carboxylic acid groups (broad SMARTS) is 2. The number of carbonyl (C=O) groups is 6. The fraction of sp³-hybridized carbons (Fsp3) is 0.471. The van der Waals surface area contributed by atoms with E-state index >= 15 is 0 Å². The van der Waals surface area contributed by atoms with Crippen molar-refractivity contribution >= 4 is 35.6 Å². The topological polar surface area (TPSA) is 260 Å². The summed E-state index contributed by atoms with van der Waals surface area (Å²) < 4.78 is 0. The van der Waals surface area contributed by atoms with Crippen LogP contribution >= 0.6 is 0 Å². The molecule has 0 saturated carbocycles. The maximum absolute atomic E-state index is 12.6. The maximum atomic E-state index is 12.6. The molecule has 4 atom stereocenters. The molecule has 0 aromatic carbocycles. The zero-order chi connectivity index (χ0) is 24.4. The van der Waals surface area contributed by atoms with E-state index in [0.717, 1.165) is 0 Å². The fourth-order valence-corrected chi connectivity index (χ4v) is 2.46. The number of nitrogens with zero attached hydrogens (tertiary/aromatic N) is 1. The molecule has 4 unspecified atom stereocenters. The summed E-state index contributed by atoms with van der Waals surface area (Å²) in [6.07, 6.45) is 0.930. The van der Waals surface area contributed by atoms with E-state index in [9.17, 15) is 33.9 Å². The Morgan fingerprint density at radius 3 is 1.94 bits per heavy atom. The van der Waals surface area contributed by atoms with Crippen molar-refractivity contribution in [1.29, 1.82) is 0 Å². The van der Waals surface area contributed by atoms with E-state index in [-0.39, 0.29) is 6.42 Å². The molecule has 176 valence electrons. The molecular weight excluding hydrogens is 430 g/mol. The van der Waals surface area contributed by atoms with E-state index in [1.165, 1.54) is 19.4 Å². The van der Waals surface area contributed by atoms with Crippen LogP contribution in [0.2, 0.25) is 0 Å². The predicted octanol–water partition coefficient (Wildman–Crippen LogP) is -3.81. The monoisotopic (exact) mass is 455 g/mol. The van der Waals surface area contributed by atoms with Gasteiger partial charge in [-0.3, -0.25) is 24.0 Å². The van der Waals surface area contributed by atoms with Gasteiger partial charge < -0.3 is 42.6 Å². The fourth-order valence-electron chi connectivity index (χ4n) is 2.46. The number of nitrogens with two attached hydrogens (primary N) is 2. The first-order valence-corrected chi connectivity index (χ1v) is 9.27. The van der Waals surface area contributed by atoms with Gasteiger partial charge in [0.15, 0.2) is 0 Å². The average Bonchev–Trinajstić information content (AvgIpc) is 3.18. The number of hydrogen-bond acceptors (Lipinski definition) is 8. The van der Waals surface area contributed by atoms with Gasteiger partial charge in [-0.05, 0) is 6.92 Å². The Morgan fingerprint density at radius 1 is 0.969 bits per heavy atom. The number of carbonyl (C=O) groups excluding carboxylic acids is 4. The van der Waals surface area contributed by atoms with Gasteiger partial charge in [0.05, 0.1) is 25.2 Å². The van der Waals surface area contributed by atoms with Gasteiger partial charge in [0.1, 0.15) is 18.1 Å². The van der Waals surface area contributed by atoms with Crippen molar-refractivity contribution in [2.24, 2.45) is 11.5 Å². The quantitative estimate of drug-likeness (QED) is 0.144. The van der Waals surface area contributed by atoms with Gasteiger partial charge in [-0.25, -0.2) is 9.78 Å². The van der Waals surface area contributed by atoms with Gasteiger partial charge in [0, 0.05) is 18.3 Å². The summed E-state index contributed by atoms with van der Waals surface area (Å²) in [7, 11) is 0. The molecule has 1 heterocycles. The summed E-state index contributed by atoms with van der Waals surface area (Å²) >= 11 is 0. The lowest BCUT2D eigenvalue weighted by atomic mass is 10.1. The lowest BCUT2D eigenvalue weighted by molar-refractivity contribution is -0.143. The largest absolute Gasteiger partial charge is 0.481 e. The van der Waals surface area contributed by atoms with Crippen LogP contribution in [0.1, 0.15) is 25.5 Å².